The maximum atomic E-state index is 4.29. The van der Waals surface area contributed by atoms with Crippen LogP contribution in [0.3, 0.4) is 0 Å². The predicted octanol–water partition coefficient (Wildman–Crippen LogP) is 1.81. The monoisotopic (exact) mass is 240 g/mol. The maximum absolute atomic E-state index is 4.29. The van der Waals surface area contributed by atoms with E-state index >= 15 is 0 Å². The molecule has 1 N–H and O–H groups in total. The van der Waals surface area contributed by atoms with Crippen molar-refractivity contribution in [1.29, 1.82) is 0 Å². The lowest BCUT2D eigenvalue weighted by molar-refractivity contribution is 0.785. The molecular weight excluding hydrogens is 228 g/mol. The molecule has 0 aliphatic rings. The summed E-state index contributed by atoms with van der Waals surface area (Å²) in [7, 11) is 1.85. The molecule has 3 heterocycles. The largest absolute Gasteiger partial charge is 0.324 e. The predicted molar refractivity (Wildman–Crippen MR) is 68.6 cm³/mol. The molecule has 18 heavy (non-hydrogen) atoms. The quantitative estimate of drug-likeness (QED) is 0.739. The van der Waals surface area contributed by atoms with Gasteiger partial charge in [-0.15, -0.1) is 0 Å². The fourth-order valence-corrected chi connectivity index (χ4v) is 1.79. The van der Waals surface area contributed by atoms with Crippen molar-refractivity contribution < 1.29 is 0 Å². The van der Waals surface area contributed by atoms with Crippen LogP contribution in [0.2, 0.25) is 0 Å². The second kappa shape index (κ2) is 4.06. The van der Waals surface area contributed by atoms with Gasteiger partial charge in [0.25, 0.3) is 0 Å². The highest BCUT2D eigenvalue weighted by atomic mass is 15.3. The first-order valence-corrected chi connectivity index (χ1v) is 5.57. The van der Waals surface area contributed by atoms with Gasteiger partial charge in [0.1, 0.15) is 18.0 Å². The van der Waals surface area contributed by atoms with E-state index in [0.29, 0.717) is 0 Å². The van der Waals surface area contributed by atoms with E-state index < -0.39 is 0 Å². The zero-order valence-corrected chi connectivity index (χ0v) is 10.1. The van der Waals surface area contributed by atoms with E-state index in [1.165, 1.54) is 6.33 Å². The molecule has 3 aromatic rings. The van der Waals surface area contributed by atoms with E-state index in [2.05, 4.69) is 25.4 Å². The van der Waals surface area contributed by atoms with E-state index in [4.69, 9.17) is 0 Å². The van der Waals surface area contributed by atoms with Crippen molar-refractivity contribution in [2.24, 2.45) is 7.05 Å². The Hall–Kier alpha value is -2.50. The first-order valence-electron chi connectivity index (χ1n) is 5.57. The van der Waals surface area contributed by atoms with E-state index in [-0.39, 0.29) is 0 Å². The summed E-state index contributed by atoms with van der Waals surface area (Å²) < 4.78 is 1.72. The lowest BCUT2D eigenvalue weighted by Gasteiger charge is -2.07. The summed E-state index contributed by atoms with van der Waals surface area (Å²) in [5, 5.41) is 8.27. The minimum Gasteiger partial charge on any atom is -0.324 e. The van der Waals surface area contributed by atoms with Crippen LogP contribution in [0, 0.1) is 6.92 Å². The second-order valence-electron chi connectivity index (χ2n) is 4.02. The normalized spacial score (nSPS) is 10.8. The van der Waals surface area contributed by atoms with Crippen LogP contribution in [0.4, 0.5) is 11.6 Å². The summed E-state index contributed by atoms with van der Waals surface area (Å²) in [4.78, 5) is 12.7. The van der Waals surface area contributed by atoms with Gasteiger partial charge in [0, 0.05) is 13.2 Å². The van der Waals surface area contributed by atoms with Crippen molar-refractivity contribution in [1.82, 2.24) is 24.7 Å². The molecule has 0 spiro atoms. The van der Waals surface area contributed by atoms with E-state index in [1.54, 1.807) is 17.1 Å². The Balaban J connectivity index is 2.08. The van der Waals surface area contributed by atoms with Crippen molar-refractivity contribution in [2.75, 3.05) is 5.32 Å². The maximum Gasteiger partial charge on any atom is 0.163 e. The molecule has 0 aliphatic carbocycles. The Labute approximate surface area is 104 Å². The molecule has 0 aromatic carbocycles. The summed E-state index contributed by atoms with van der Waals surface area (Å²) in [6, 6.07) is 3.90. The van der Waals surface area contributed by atoms with Crippen LogP contribution in [-0.4, -0.2) is 24.7 Å². The number of hydrogen-bond donors (Lipinski definition) is 1. The lowest BCUT2D eigenvalue weighted by atomic mass is 10.3. The number of fused-ring (bicyclic) bond motifs is 1. The fourth-order valence-electron chi connectivity index (χ4n) is 1.79. The third-order valence-electron chi connectivity index (χ3n) is 2.78. The second-order valence-corrected chi connectivity index (χ2v) is 4.02. The van der Waals surface area contributed by atoms with Gasteiger partial charge >= 0.3 is 0 Å². The highest BCUT2D eigenvalue weighted by Crippen LogP contribution is 2.22. The Morgan fingerprint density at radius 3 is 2.89 bits per heavy atom. The molecule has 0 amide bonds. The van der Waals surface area contributed by atoms with Crippen LogP contribution in [-0.2, 0) is 7.05 Å². The topological polar surface area (TPSA) is 68.5 Å². The number of nitrogens with one attached hydrogen (secondary N) is 1. The summed E-state index contributed by atoms with van der Waals surface area (Å²) in [5.74, 6) is 1.51. The van der Waals surface area contributed by atoms with Crippen LogP contribution >= 0.6 is 0 Å². The molecule has 0 aliphatic heterocycles. The minimum atomic E-state index is 0.718. The number of hydrogen-bond acceptors (Lipinski definition) is 5. The number of aromatic nitrogens is 5. The molecule has 6 nitrogen and oxygen atoms in total. The molecule has 6 heteroatoms. The molecule has 0 fully saturated rings. The fraction of sp³-hybridized carbons (Fsp3) is 0.167. The van der Waals surface area contributed by atoms with Gasteiger partial charge in [-0.2, -0.15) is 5.10 Å². The lowest BCUT2D eigenvalue weighted by Crippen LogP contribution is -2.00. The zero-order chi connectivity index (χ0) is 12.5. The molecule has 0 unspecified atom stereocenters. The number of anilines is 2. The highest BCUT2D eigenvalue weighted by Gasteiger charge is 2.09. The standard InChI is InChI=1S/C12H12N6/c1-8-4-3-5-13-10(8)17-11-9-6-16-18(2)12(9)15-7-14-11/h3-7H,1-2H3,(H,13,14,15,17). The van der Waals surface area contributed by atoms with Gasteiger partial charge in [0.05, 0.1) is 11.6 Å². The zero-order valence-electron chi connectivity index (χ0n) is 10.1. The molecule has 0 atom stereocenters. The van der Waals surface area contributed by atoms with Crippen molar-refractivity contribution in [3.8, 4) is 0 Å². The Kier molecular flexibility index (Phi) is 2.40. The van der Waals surface area contributed by atoms with E-state index in [9.17, 15) is 0 Å². The molecule has 3 aromatic heterocycles. The first kappa shape index (κ1) is 10.6. The van der Waals surface area contributed by atoms with Gasteiger partial charge in [-0.3, -0.25) is 4.68 Å². The average molecular weight is 240 g/mol. The van der Waals surface area contributed by atoms with Crippen LogP contribution in [0.5, 0.6) is 0 Å². The number of pyridine rings is 1. The highest BCUT2D eigenvalue weighted by molar-refractivity contribution is 5.87. The Morgan fingerprint density at radius 2 is 2.06 bits per heavy atom. The summed E-state index contributed by atoms with van der Waals surface area (Å²) >= 11 is 0. The van der Waals surface area contributed by atoms with Crippen molar-refractivity contribution in [3.63, 3.8) is 0 Å². The number of rotatable bonds is 2. The Morgan fingerprint density at radius 1 is 1.17 bits per heavy atom. The number of aryl methyl sites for hydroxylation is 2. The van der Waals surface area contributed by atoms with Crippen molar-refractivity contribution in [2.45, 2.75) is 6.92 Å². The van der Waals surface area contributed by atoms with Gasteiger partial charge in [0.2, 0.25) is 0 Å². The third kappa shape index (κ3) is 1.67. The molecule has 0 bridgehead atoms. The number of nitrogens with zero attached hydrogens (tertiary/aromatic N) is 5. The van der Waals surface area contributed by atoms with Gasteiger partial charge in [-0.1, -0.05) is 6.07 Å². The molecule has 90 valence electrons. The van der Waals surface area contributed by atoms with E-state index in [1.807, 2.05) is 26.1 Å². The smallest absolute Gasteiger partial charge is 0.163 e. The molecular formula is C12H12N6. The van der Waals surface area contributed by atoms with Crippen LogP contribution in [0.1, 0.15) is 5.56 Å². The molecule has 0 radical (unpaired) electrons. The van der Waals surface area contributed by atoms with Crippen LogP contribution < -0.4 is 5.32 Å². The average Bonchev–Trinajstić information content (AvgIpc) is 2.76. The summed E-state index contributed by atoms with van der Waals surface area (Å²) in [6.45, 7) is 2.00. The summed E-state index contributed by atoms with van der Waals surface area (Å²) in [5.41, 5.74) is 1.86. The Bertz CT molecular complexity index is 703. The van der Waals surface area contributed by atoms with Crippen molar-refractivity contribution >= 4 is 22.7 Å². The van der Waals surface area contributed by atoms with Gasteiger partial charge in [-0.25, -0.2) is 15.0 Å². The SMILES string of the molecule is Cc1cccnc1Nc1ncnc2c1cnn2C. The summed E-state index contributed by atoms with van der Waals surface area (Å²) in [6.07, 6.45) is 5.01. The molecule has 0 saturated heterocycles. The molecule has 0 saturated carbocycles. The first-order chi connectivity index (χ1) is 8.75. The minimum absolute atomic E-state index is 0.718. The van der Waals surface area contributed by atoms with E-state index in [0.717, 1.165) is 28.2 Å². The van der Waals surface area contributed by atoms with Crippen LogP contribution in [0.25, 0.3) is 11.0 Å². The molecule has 3 rings (SSSR count). The van der Waals surface area contributed by atoms with Gasteiger partial charge < -0.3 is 5.32 Å². The van der Waals surface area contributed by atoms with Gasteiger partial charge in [0.15, 0.2) is 5.65 Å². The van der Waals surface area contributed by atoms with Crippen LogP contribution in [0.15, 0.2) is 30.9 Å². The van der Waals surface area contributed by atoms with Gasteiger partial charge in [-0.05, 0) is 18.6 Å². The third-order valence-corrected chi connectivity index (χ3v) is 2.78. The van der Waals surface area contributed by atoms with Crippen molar-refractivity contribution in [3.05, 3.63) is 36.4 Å².